The summed E-state index contributed by atoms with van der Waals surface area (Å²) in [6, 6.07) is 22.2. The molecule has 0 unspecified atom stereocenters. The van der Waals surface area contributed by atoms with Gasteiger partial charge in [-0.15, -0.1) is 0 Å². The van der Waals surface area contributed by atoms with Crippen LogP contribution in [0.2, 0.25) is 0 Å². The smallest absolute Gasteiger partial charge is 0.201 e. The van der Waals surface area contributed by atoms with Crippen molar-refractivity contribution in [3.05, 3.63) is 89.1 Å². The van der Waals surface area contributed by atoms with Gasteiger partial charge < -0.3 is 0 Å². The van der Waals surface area contributed by atoms with Gasteiger partial charge in [-0.3, -0.25) is 0 Å². The first-order valence-electron chi connectivity index (χ1n) is 15.1. The molecule has 4 aromatic rings. The van der Waals surface area contributed by atoms with Gasteiger partial charge in [0.15, 0.2) is 6.20 Å². The molecule has 0 radical (unpaired) electrons. The summed E-state index contributed by atoms with van der Waals surface area (Å²) in [6.45, 7) is 11.9. The molecule has 2 aliphatic carbocycles. The van der Waals surface area contributed by atoms with Crippen LogP contribution in [0.15, 0.2) is 66.9 Å². The Morgan fingerprint density at radius 2 is 1.51 bits per heavy atom. The van der Waals surface area contributed by atoms with Gasteiger partial charge in [-0.05, 0) is 63.4 Å². The Labute approximate surface area is 226 Å². The molecule has 1 heteroatoms. The van der Waals surface area contributed by atoms with Gasteiger partial charge in [0.25, 0.3) is 0 Å². The van der Waals surface area contributed by atoms with Crippen molar-refractivity contribution in [2.45, 2.75) is 83.9 Å². The summed E-state index contributed by atoms with van der Waals surface area (Å²) in [4.78, 5) is 0. The first kappa shape index (κ1) is 22.1. The third-order valence-corrected chi connectivity index (χ3v) is 9.83. The first-order valence-corrected chi connectivity index (χ1v) is 14.1. The van der Waals surface area contributed by atoms with E-state index in [9.17, 15) is 2.74 Å². The molecular formula is C36H42N+. The summed E-state index contributed by atoms with van der Waals surface area (Å²) in [5, 5.41) is 2.63. The van der Waals surface area contributed by atoms with Gasteiger partial charge in [0.2, 0.25) is 5.69 Å². The summed E-state index contributed by atoms with van der Waals surface area (Å²) in [5.41, 5.74) is 9.58. The van der Waals surface area contributed by atoms with Gasteiger partial charge >= 0.3 is 0 Å². The largest absolute Gasteiger partial charge is 0.213 e. The summed E-state index contributed by atoms with van der Waals surface area (Å²) in [6.07, 6.45) is 6.22. The minimum absolute atomic E-state index is 0.0909. The highest BCUT2D eigenvalue weighted by atomic mass is 14.9. The summed E-state index contributed by atoms with van der Waals surface area (Å²) in [5.74, 6) is 0.0909. The second-order valence-corrected chi connectivity index (χ2v) is 12.5. The molecule has 0 N–H and O–H groups in total. The van der Waals surface area contributed by atoms with Crippen molar-refractivity contribution in [1.82, 2.24) is 0 Å². The van der Waals surface area contributed by atoms with E-state index in [0.717, 1.165) is 36.9 Å². The normalized spacial score (nSPS) is 19.6. The molecule has 0 saturated heterocycles. The lowest BCUT2D eigenvalue weighted by atomic mass is 9.53. The van der Waals surface area contributed by atoms with E-state index < -0.39 is 6.37 Å². The lowest BCUT2D eigenvalue weighted by Crippen LogP contribution is -2.45. The lowest BCUT2D eigenvalue weighted by molar-refractivity contribution is -0.660. The number of aryl methyl sites for hydroxylation is 2. The Kier molecular flexibility index (Phi) is 5.27. The molecule has 1 nitrogen and oxygen atoms in total. The topological polar surface area (TPSA) is 3.88 Å². The maximum atomic E-state index is 9.20. The zero-order chi connectivity index (χ0) is 27.7. The standard InChI is InChI=1S/C36H42N/c1-24-16-18-30-29-19-17-27-14-10-11-15-28(27)33(29)35(2,3)36(4,5)34(30)32(24)31-23-26(20-21-37(31)6)22-25-12-8-7-9-13-25/h10-11,14-21,23,25H,7-9,12-13,22H2,1-6H3/q+1/i22D2. The number of fused-ring (bicyclic) bond motifs is 5. The second-order valence-electron chi connectivity index (χ2n) is 12.5. The minimum atomic E-state index is -1.33. The summed E-state index contributed by atoms with van der Waals surface area (Å²) in [7, 11) is 2.11. The number of pyridine rings is 1. The highest BCUT2D eigenvalue weighted by Gasteiger charge is 2.48. The molecule has 0 bridgehead atoms. The van der Waals surface area contributed by atoms with Gasteiger partial charge in [-0.2, -0.15) is 0 Å². The molecule has 0 spiro atoms. The number of hydrogen-bond donors (Lipinski definition) is 0. The third kappa shape index (κ3) is 3.77. The molecule has 1 aromatic heterocycles. The van der Waals surface area contributed by atoms with Crippen molar-refractivity contribution >= 4 is 10.8 Å². The van der Waals surface area contributed by atoms with Crippen LogP contribution in [0, 0.1) is 12.8 Å². The van der Waals surface area contributed by atoms with Gasteiger partial charge in [0.05, 0.1) is 5.56 Å². The SMILES string of the molecule is [2H]C([2H])(c1cc[n+](C)c(-c2c(C)ccc3c2C(C)(C)C(C)(C)c2c-3ccc3ccccc23)c1)C1CCCCC1. The van der Waals surface area contributed by atoms with Crippen LogP contribution in [0.3, 0.4) is 0 Å². The molecule has 0 amide bonds. The predicted octanol–water partition coefficient (Wildman–Crippen LogP) is 9.00. The van der Waals surface area contributed by atoms with Crippen molar-refractivity contribution in [1.29, 1.82) is 0 Å². The zero-order valence-corrected chi connectivity index (χ0v) is 23.4. The van der Waals surface area contributed by atoms with E-state index >= 15 is 0 Å². The minimum Gasteiger partial charge on any atom is -0.201 e. The van der Waals surface area contributed by atoms with Crippen LogP contribution < -0.4 is 4.57 Å². The van der Waals surface area contributed by atoms with E-state index in [-0.39, 0.29) is 16.7 Å². The van der Waals surface area contributed by atoms with Crippen LogP contribution in [0.5, 0.6) is 0 Å². The number of nitrogens with zero attached hydrogens (tertiary/aromatic N) is 1. The molecule has 2 aliphatic rings. The molecule has 1 saturated carbocycles. The van der Waals surface area contributed by atoms with Gasteiger partial charge in [-0.1, -0.05) is 108 Å². The average molecular weight is 491 g/mol. The number of benzene rings is 3. The quantitative estimate of drug-likeness (QED) is 0.252. The van der Waals surface area contributed by atoms with E-state index in [1.54, 1.807) is 0 Å². The van der Waals surface area contributed by atoms with Crippen molar-refractivity contribution in [3.8, 4) is 22.4 Å². The number of aromatic nitrogens is 1. The third-order valence-electron chi connectivity index (χ3n) is 9.83. The van der Waals surface area contributed by atoms with Crippen molar-refractivity contribution in [3.63, 3.8) is 0 Å². The van der Waals surface area contributed by atoms with Gasteiger partial charge in [0.1, 0.15) is 7.05 Å². The Balaban J connectivity index is 1.62. The van der Waals surface area contributed by atoms with Crippen molar-refractivity contribution in [2.24, 2.45) is 13.0 Å². The van der Waals surface area contributed by atoms with E-state index in [2.05, 4.69) is 107 Å². The summed E-state index contributed by atoms with van der Waals surface area (Å²) < 4.78 is 20.6. The van der Waals surface area contributed by atoms with Crippen LogP contribution >= 0.6 is 0 Å². The molecule has 37 heavy (non-hydrogen) atoms. The second kappa shape index (κ2) is 8.83. The molecule has 3 aromatic carbocycles. The maximum Gasteiger partial charge on any atom is 0.213 e. The van der Waals surface area contributed by atoms with Crippen LogP contribution in [-0.2, 0) is 24.3 Å². The Bertz CT molecular complexity index is 1590. The van der Waals surface area contributed by atoms with Crippen LogP contribution in [0.4, 0.5) is 0 Å². The average Bonchev–Trinajstić information content (AvgIpc) is 2.92. The summed E-state index contributed by atoms with van der Waals surface area (Å²) >= 11 is 0. The first-order chi connectivity index (χ1) is 18.5. The monoisotopic (exact) mass is 490 g/mol. The fraction of sp³-hybridized carbons (Fsp3) is 0.417. The van der Waals surface area contributed by atoms with Crippen molar-refractivity contribution in [2.75, 3.05) is 0 Å². The lowest BCUT2D eigenvalue weighted by Gasteiger charge is -2.49. The van der Waals surface area contributed by atoms with E-state index in [1.807, 2.05) is 6.07 Å². The van der Waals surface area contributed by atoms with Crippen LogP contribution in [-0.4, -0.2) is 0 Å². The fourth-order valence-electron chi connectivity index (χ4n) is 7.10. The molecule has 1 fully saturated rings. The maximum absolute atomic E-state index is 9.20. The van der Waals surface area contributed by atoms with E-state index in [0.29, 0.717) is 0 Å². The molecule has 0 aliphatic heterocycles. The van der Waals surface area contributed by atoms with Crippen LogP contribution in [0.25, 0.3) is 33.2 Å². The highest BCUT2D eigenvalue weighted by molar-refractivity contribution is 5.97. The Hall–Kier alpha value is -2.93. The molecular weight excluding hydrogens is 446 g/mol. The molecule has 1 heterocycles. The Morgan fingerprint density at radius 1 is 0.838 bits per heavy atom. The van der Waals surface area contributed by atoms with Crippen LogP contribution in [0.1, 0.15) is 84.8 Å². The van der Waals surface area contributed by atoms with Crippen molar-refractivity contribution < 1.29 is 7.31 Å². The molecule has 6 rings (SSSR count). The van der Waals surface area contributed by atoms with Gasteiger partial charge in [0, 0.05) is 25.7 Å². The molecule has 0 atom stereocenters. The molecule has 190 valence electrons. The predicted molar refractivity (Wildman–Crippen MR) is 157 cm³/mol. The van der Waals surface area contributed by atoms with E-state index in [4.69, 9.17) is 0 Å². The fourth-order valence-corrected chi connectivity index (χ4v) is 7.10. The highest BCUT2D eigenvalue weighted by Crippen LogP contribution is 2.58. The van der Waals surface area contributed by atoms with E-state index in [1.165, 1.54) is 50.6 Å². The number of hydrogen-bond acceptors (Lipinski definition) is 0. The Morgan fingerprint density at radius 3 is 2.30 bits per heavy atom. The zero-order valence-electron chi connectivity index (χ0n) is 25.4. The van der Waals surface area contributed by atoms with Gasteiger partial charge in [-0.25, -0.2) is 4.57 Å². The number of rotatable bonds is 3.